The molecular weight excluding hydrogens is 304 g/mol. The van der Waals surface area contributed by atoms with Crippen LogP contribution in [0.2, 0.25) is 5.02 Å². The molecule has 11 heteroatoms. The predicted octanol–water partition coefficient (Wildman–Crippen LogP) is 1.23. The molecule has 1 amide bonds. The normalized spacial score (nSPS) is 10.6. The van der Waals surface area contributed by atoms with Crippen LogP contribution in [0.1, 0.15) is 0 Å². The summed E-state index contributed by atoms with van der Waals surface area (Å²) in [7, 11) is -3.52. The average Bonchev–Trinajstić information content (AvgIpc) is 2.30. The van der Waals surface area contributed by atoms with E-state index in [9.17, 15) is 23.3 Å². The van der Waals surface area contributed by atoms with E-state index in [1.165, 1.54) is 4.72 Å². The zero-order valence-corrected chi connectivity index (χ0v) is 10.9. The van der Waals surface area contributed by atoms with Crippen LogP contribution in [0, 0.1) is 10.1 Å². The van der Waals surface area contributed by atoms with E-state index in [4.69, 9.17) is 11.6 Å². The highest BCUT2D eigenvalue weighted by molar-refractivity contribution is 7.85. The molecule has 0 saturated heterocycles. The fraction of sp³-hybridized carbons (Fsp3) is 0.125. The third-order valence-electron chi connectivity index (χ3n) is 1.72. The fourth-order valence-corrected chi connectivity index (χ4v) is 1.92. The quantitative estimate of drug-likeness (QED) is 0.654. The molecule has 0 aliphatic rings. The number of halogens is 1. The second-order valence-corrected chi connectivity index (χ2v) is 4.69. The molecule has 1 aromatic carbocycles. The maximum Gasteiger partial charge on any atom is 0.423 e. The van der Waals surface area contributed by atoms with Crippen molar-refractivity contribution in [3.63, 3.8) is 0 Å². The number of nitro groups is 1. The monoisotopic (exact) mass is 310 g/mol. The summed E-state index contributed by atoms with van der Waals surface area (Å²) in [4.78, 5) is 20.5. The Labute approximate surface area is 112 Å². The van der Waals surface area contributed by atoms with Gasteiger partial charge in [-0.3, -0.25) is 10.1 Å². The van der Waals surface area contributed by atoms with E-state index in [2.05, 4.69) is 8.92 Å². The lowest BCUT2D eigenvalue weighted by atomic mass is 10.3. The zero-order chi connectivity index (χ0) is 14.6. The number of non-ortho nitro benzene ring substituents is 1. The van der Waals surface area contributed by atoms with Gasteiger partial charge in [0.25, 0.3) is 5.69 Å². The Hall–Kier alpha value is -2.07. The van der Waals surface area contributed by atoms with Crippen molar-refractivity contribution in [2.45, 2.75) is 0 Å². The largest absolute Gasteiger partial charge is 0.452 e. The summed E-state index contributed by atoms with van der Waals surface area (Å²) in [5, 5.41) is 10.1. The van der Waals surface area contributed by atoms with Crippen molar-refractivity contribution in [2.24, 2.45) is 0 Å². The molecule has 0 radical (unpaired) electrons. The molecule has 0 fully saturated rings. The Morgan fingerprint density at radius 1 is 1.47 bits per heavy atom. The molecule has 0 aliphatic carbocycles. The van der Waals surface area contributed by atoms with E-state index >= 15 is 0 Å². The molecule has 0 atom stereocenters. The van der Waals surface area contributed by atoms with Crippen LogP contribution in [0.15, 0.2) is 18.2 Å². The van der Waals surface area contributed by atoms with Crippen molar-refractivity contribution in [3.8, 4) is 5.75 Å². The van der Waals surface area contributed by atoms with Crippen molar-refractivity contribution in [1.82, 2.24) is 4.72 Å². The molecule has 0 aromatic heterocycles. The van der Waals surface area contributed by atoms with Crippen LogP contribution < -0.4 is 8.91 Å². The van der Waals surface area contributed by atoms with Crippen LogP contribution >= 0.6 is 11.6 Å². The Morgan fingerprint density at radius 2 is 2.11 bits per heavy atom. The lowest BCUT2D eigenvalue weighted by Gasteiger charge is -2.08. The zero-order valence-electron chi connectivity index (χ0n) is 9.32. The first-order valence-corrected chi connectivity index (χ1v) is 6.28. The summed E-state index contributed by atoms with van der Waals surface area (Å²) in [5.74, 6) is -0.372. The van der Waals surface area contributed by atoms with Gasteiger partial charge in [0.1, 0.15) is 0 Å². The molecule has 0 unspecified atom stereocenters. The van der Waals surface area contributed by atoms with Crippen LogP contribution in [-0.2, 0) is 15.0 Å². The first kappa shape index (κ1) is 15.0. The molecule has 0 heterocycles. The molecular formula is C8H7ClN2O7S. The van der Waals surface area contributed by atoms with E-state index in [1.807, 2.05) is 0 Å². The highest BCUT2D eigenvalue weighted by Crippen LogP contribution is 2.29. The Kier molecular flexibility index (Phi) is 4.51. The molecule has 0 spiro atoms. The van der Waals surface area contributed by atoms with Gasteiger partial charge in [-0.15, -0.1) is 0 Å². The summed E-state index contributed by atoms with van der Waals surface area (Å²) >= 11 is 5.61. The summed E-state index contributed by atoms with van der Waals surface area (Å²) in [6.07, 6.45) is -1.25. The second kappa shape index (κ2) is 5.71. The Morgan fingerprint density at radius 3 is 2.58 bits per heavy atom. The minimum absolute atomic E-state index is 0.301. The van der Waals surface area contributed by atoms with Gasteiger partial charge in [0.05, 0.1) is 17.1 Å². The van der Waals surface area contributed by atoms with Gasteiger partial charge in [-0.25, -0.2) is 4.79 Å². The molecule has 0 bridgehead atoms. The van der Waals surface area contributed by atoms with Crippen molar-refractivity contribution in [1.29, 1.82) is 0 Å². The third kappa shape index (κ3) is 4.26. The number of carbonyl (C=O) groups is 1. The number of amides is 1. The number of ether oxygens (including phenoxy) is 1. The van der Waals surface area contributed by atoms with Crippen LogP contribution in [0.25, 0.3) is 0 Å². The van der Waals surface area contributed by atoms with Gasteiger partial charge < -0.3 is 8.92 Å². The molecule has 0 aliphatic heterocycles. The smallest absolute Gasteiger partial charge is 0.423 e. The molecule has 0 saturated carbocycles. The van der Waals surface area contributed by atoms with Crippen LogP contribution in [0.5, 0.6) is 5.75 Å². The van der Waals surface area contributed by atoms with Gasteiger partial charge in [-0.05, 0) is 6.07 Å². The molecule has 9 nitrogen and oxygen atoms in total. The minimum Gasteiger partial charge on any atom is -0.452 e. The number of hydrogen-bond donors (Lipinski definition) is 1. The molecule has 19 heavy (non-hydrogen) atoms. The van der Waals surface area contributed by atoms with Gasteiger partial charge in [0.2, 0.25) is 0 Å². The van der Waals surface area contributed by atoms with Crippen LogP contribution in [0.3, 0.4) is 0 Å². The Bertz CT molecular complexity index is 616. The standard InChI is InChI=1S/C8H7ClN2O7S/c1-17-8(12)10-19(15,16)18-7-3-2-5(11(13)14)4-6(7)9/h2-4H,1H3,(H,10,12). The number of nitro benzene ring substituents is 1. The highest BCUT2D eigenvalue weighted by Gasteiger charge is 2.20. The van der Waals surface area contributed by atoms with Gasteiger partial charge in [-0.1, -0.05) is 11.6 Å². The maximum atomic E-state index is 11.3. The lowest BCUT2D eigenvalue weighted by Crippen LogP contribution is -2.33. The van der Waals surface area contributed by atoms with E-state index in [1.54, 1.807) is 0 Å². The average molecular weight is 311 g/mol. The molecule has 1 N–H and O–H groups in total. The first-order chi connectivity index (χ1) is 8.75. The van der Waals surface area contributed by atoms with Crippen molar-refractivity contribution in [3.05, 3.63) is 33.3 Å². The van der Waals surface area contributed by atoms with Crippen molar-refractivity contribution >= 4 is 33.7 Å². The SMILES string of the molecule is COC(=O)NS(=O)(=O)Oc1ccc([N+](=O)[O-])cc1Cl. The number of nitrogens with zero attached hydrogens (tertiary/aromatic N) is 1. The molecule has 104 valence electrons. The van der Waals surface area contributed by atoms with Gasteiger partial charge in [0.15, 0.2) is 5.75 Å². The number of methoxy groups -OCH3 is 1. The van der Waals surface area contributed by atoms with Gasteiger partial charge in [-0.2, -0.15) is 13.1 Å². The van der Waals surface area contributed by atoms with E-state index < -0.39 is 21.3 Å². The highest BCUT2D eigenvalue weighted by atomic mass is 35.5. The molecule has 1 aromatic rings. The number of rotatable bonds is 4. The van der Waals surface area contributed by atoms with Gasteiger partial charge >= 0.3 is 16.4 Å². The van der Waals surface area contributed by atoms with E-state index in [-0.39, 0.29) is 16.5 Å². The van der Waals surface area contributed by atoms with E-state index in [0.717, 1.165) is 25.3 Å². The number of nitrogens with one attached hydrogen (secondary N) is 1. The van der Waals surface area contributed by atoms with Crippen molar-refractivity contribution in [2.75, 3.05) is 7.11 Å². The minimum atomic E-state index is -4.48. The number of benzene rings is 1. The summed E-state index contributed by atoms with van der Waals surface area (Å²) < 4.78 is 32.6. The number of hydrogen-bond acceptors (Lipinski definition) is 7. The summed E-state index contributed by atoms with van der Waals surface area (Å²) in [6.45, 7) is 0. The van der Waals surface area contributed by atoms with Crippen LogP contribution in [-0.4, -0.2) is 26.5 Å². The summed E-state index contributed by atoms with van der Waals surface area (Å²) in [5.41, 5.74) is -0.337. The third-order valence-corrected chi connectivity index (χ3v) is 2.83. The summed E-state index contributed by atoms with van der Waals surface area (Å²) in [6, 6.07) is 2.89. The topological polar surface area (TPSA) is 125 Å². The Balaban J connectivity index is 2.94. The first-order valence-electron chi connectivity index (χ1n) is 4.49. The van der Waals surface area contributed by atoms with Gasteiger partial charge in [0, 0.05) is 12.1 Å². The maximum absolute atomic E-state index is 11.3. The van der Waals surface area contributed by atoms with E-state index in [0.29, 0.717) is 0 Å². The predicted molar refractivity (Wildman–Crippen MR) is 63.2 cm³/mol. The second-order valence-electron chi connectivity index (χ2n) is 3.00. The lowest BCUT2D eigenvalue weighted by molar-refractivity contribution is -0.384. The number of carbonyl (C=O) groups excluding carboxylic acids is 1. The molecule has 1 rings (SSSR count). The van der Waals surface area contributed by atoms with Crippen molar-refractivity contribution < 1.29 is 27.1 Å². The fourth-order valence-electron chi connectivity index (χ4n) is 0.954. The van der Waals surface area contributed by atoms with Crippen LogP contribution in [0.4, 0.5) is 10.5 Å².